The van der Waals surface area contributed by atoms with Crippen molar-refractivity contribution in [3.8, 4) is 17.2 Å². The van der Waals surface area contributed by atoms with E-state index in [-0.39, 0.29) is 11.7 Å². The van der Waals surface area contributed by atoms with Crippen molar-refractivity contribution >= 4 is 23.0 Å². The summed E-state index contributed by atoms with van der Waals surface area (Å²) < 4.78 is 16.1. The van der Waals surface area contributed by atoms with Gasteiger partial charge < -0.3 is 19.1 Å². The Bertz CT molecular complexity index is 957. The smallest absolute Gasteiger partial charge is 0.254 e. The zero-order chi connectivity index (χ0) is 22.0. The molecule has 0 bridgehead atoms. The molecule has 1 fully saturated rings. The highest BCUT2D eigenvalue weighted by molar-refractivity contribution is 7.13. The van der Waals surface area contributed by atoms with Gasteiger partial charge in [0.05, 0.1) is 38.4 Å². The monoisotopic (exact) mass is 445 g/mol. The molecule has 9 heteroatoms. The van der Waals surface area contributed by atoms with Crippen LogP contribution in [0.4, 0.5) is 0 Å². The summed E-state index contributed by atoms with van der Waals surface area (Å²) in [5.74, 6) is 1.56. The summed E-state index contributed by atoms with van der Waals surface area (Å²) in [6.45, 7) is 3.49. The average Bonchev–Trinajstić information content (AvgIpc) is 3.22. The molecule has 1 saturated heterocycles. The predicted octanol–water partition coefficient (Wildman–Crippen LogP) is 2.65. The highest BCUT2D eigenvalue weighted by Gasteiger charge is 2.27. The Morgan fingerprint density at radius 2 is 1.71 bits per heavy atom. The van der Waals surface area contributed by atoms with Gasteiger partial charge in [-0.1, -0.05) is 0 Å². The predicted molar refractivity (Wildman–Crippen MR) is 117 cm³/mol. The lowest BCUT2D eigenvalue weighted by atomic mass is 10.0. The van der Waals surface area contributed by atoms with Gasteiger partial charge in [0.1, 0.15) is 5.01 Å². The van der Waals surface area contributed by atoms with Gasteiger partial charge in [0.2, 0.25) is 5.75 Å². The quantitative estimate of drug-likeness (QED) is 0.676. The molecule has 166 valence electrons. The van der Waals surface area contributed by atoms with Crippen LogP contribution in [-0.4, -0.2) is 74.0 Å². The Morgan fingerprint density at radius 1 is 1.03 bits per heavy atom. The fourth-order valence-corrected chi connectivity index (χ4v) is 5.19. The van der Waals surface area contributed by atoms with E-state index in [4.69, 9.17) is 14.2 Å². The zero-order valence-electron chi connectivity index (χ0n) is 18.1. The molecule has 0 unspecified atom stereocenters. The van der Waals surface area contributed by atoms with Crippen molar-refractivity contribution in [1.82, 2.24) is 14.8 Å². The number of nitrogens with zero attached hydrogens (tertiary/aromatic N) is 3. The molecule has 1 aromatic heterocycles. The number of hydrogen-bond acceptors (Lipinski definition) is 8. The largest absolute Gasteiger partial charge is 0.493 e. The van der Waals surface area contributed by atoms with E-state index in [2.05, 4.69) is 9.88 Å². The fraction of sp³-hybridized carbons (Fsp3) is 0.500. The van der Waals surface area contributed by atoms with Crippen molar-refractivity contribution in [2.45, 2.75) is 25.8 Å². The number of piperazine rings is 1. The Balaban J connectivity index is 1.40. The van der Waals surface area contributed by atoms with Crippen LogP contribution in [0, 0.1) is 0 Å². The van der Waals surface area contributed by atoms with Crippen LogP contribution in [0.5, 0.6) is 17.2 Å². The summed E-state index contributed by atoms with van der Waals surface area (Å²) in [6.07, 6.45) is 2.43. The molecular formula is C22H27N3O5S. The summed E-state index contributed by atoms with van der Waals surface area (Å²) >= 11 is 1.53. The molecule has 1 aliphatic carbocycles. The number of aryl methyl sites for hydroxylation is 1. The number of benzene rings is 1. The first-order valence-corrected chi connectivity index (χ1v) is 11.2. The normalized spacial score (nSPS) is 16.7. The molecule has 2 aromatic rings. The topological polar surface area (TPSA) is 81.2 Å². The fourth-order valence-electron chi connectivity index (χ4n) is 4.07. The van der Waals surface area contributed by atoms with Gasteiger partial charge in [-0.15, -0.1) is 11.3 Å². The molecule has 0 radical (unpaired) electrons. The van der Waals surface area contributed by atoms with Crippen molar-refractivity contribution in [3.63, 3.8) is 0 Å². The van der Waals surface area contributed by atoms with Gasteiger partial charge in [0.25, 0.3) is 5.91 Å². The van der Waals surface area contributed by atoms with Crippen LogP contribution in [0.1, 0.15) is 43.6 Å². The molecule has 31 heavy (non-hydrogen) atoms. The number of carbonyl (C=O) groups excluding carboxylic acids is 2. The highest BCUT2D eigenvalue weighted by atomic mass is 32.1. The standard InChI is InChI=1S/C22H27N3O5S/c1-28-17-11-14(12-18(29-2)20(17)30-3)22(27)25-9-7-24(8-10-25)13-19-23-15-5-4-6-16(26)21(15)31-19/h11-12H,4-10,13H2,1-3H3. The van der Waals surface area contributed by atoms with Crippen LogP contribution in [0.25, 0.3) is 0 Å². The molecule has 0 atom stereocenters. The Hall–Kier alpha value is -2.65. The lowest BCUT2D eigenvalue weighted by Crippen LogP contribution is -2.48. The second kappa shape index (κ2) is 9.23. The third-order valence-corrected chi connectivity index (χ3v) is 6.87. The molecule has 8 nitrogen and oxygen atoms in total. The van der Waals surface area contributed by atoms with Gasteiger partial charge in [-0.2, -0.15) is 0 Å². The SMILES string of the molecule is COc1cc(C(=O)N2CCN(Cc3nc4c(s3)C(=O)CCC4)CC2)cc(OC)c1OC. The van der Waals surface area contributed by atoms with Gasteiger partial charge in [0.15, 0.2) is 17.3 Å². The van der Waals surface area contributed by atoms with Crippen LogP contribution < -0.4 is 14.2 Å². The molecule has 4 rings (SSSR count). The summed E-state index contributed by atoms with van der Waals surface area (Å²) in [6, 6.07) is 3.38. The molecule has 1 aromatic carbocycles. The number of amides is 1. The van der Waals surface area contributed by atoms with E-state index in [0.717, 1.165) is 48.1 Å². The molecule has 2 aliphatic rings. The second-order valence-corrected chi connectivity index (χ2v) is 8.73. The number of carbonyl (C=O) groups is 2. The highest BCUT2D eigenvalue weighted by Crippen LogP contribution is 2.38. The first kappa shape index (κ1) is 21.6. The minimum absolute atomic E-state index is 0.0609. The molecule has 0 saturated carbocycles. The van der Waals surface area contributed by atoms with E-state index in [0.29, 0.717) is 42.3 Å². The van der Waals surface area contributed by atoms with Crippen molar-refractivity contribution in [2.24, 2.45) is 0 Å². The van der Waals surface area contributed by atoms with Crippen molar-refractivity contribution in [3.05, 3.63) is 33.3 Å². The Labute approximate surface area is 185 Å². The van der Waals surface area contributed by atoms with E-state index < -0.39 is 0 Å². The van der Waals surface area contributed by atoms with Gasteiger partial charge >= 0.3 is 0 Å². The van der Waals surface area contributed by atoms with Gasteiger partial charge in [-0.3, -0.25) is 14.5 Å². The maximum absolute atomic E-state index is 13.1. The first-order chi connectivity index (χ1) is 15.0. The maximum Gasteiger partial charge on any atom is 0.254 e. The average molecular weight is 446 g/mol. The maximum atomic E-state index is 13.1. The van der Waals surface area contributed by atoms with Crippen LogP contribution in [0.2, 0.25) is 0 Å². The van der Waals surface area contributed by atoms with E-state index in [1.807, 2.05) is 4.90 Å². The van der Waals surface area contributed by atoms with Gasteiger partial charge in [0, 0.05) is 38.2 Å². The number of methoxy groups -OCH3 is 3. The number of hydrogen-bond donors (Lipinski definition) is 0. The third kappa shape index (κ3) is 4.38. The summed E-state index contributed by atoms with van der Waals surface area (Å²) in [7, 11) is 4.61. The van der Waals surface area contributed by atoms with Crippen LogP contribution in [0.3, 0.4) is 0 Å². The van der Waals surface area contributed by atoms with Crippen LogP contribution in [-0.2, 0) is 13.0 Å². The number of ketones is 1. The summed E-state index contributed by atoms with van der Waals surface area (Å²) in [5, 5.41) is 0.990. The van der Waals surface area contributed by atoms with Gasteiger partial charge in [-0.05, 0) is 25.0 Å². The van der Waals surface area contributed by atoms with E-state index in [1.165, 1.54) is 32.7 Å². The number of aromatic nitrogens is 1. The molecule has 0 spiro atoms. The summed E-state index contributed by atoms with van der Waals surface area (Å²) in [4.78, 5) is 34.8. The van der Waals surface area contributed by atoms with E-state index >= 15 is 0 Å². The number of Topliss-reactive ketones (excluding diaryl/α,β-unsaturated/α-hetero) is 1. The molecular weight excluding hydrogens is 418 g/mol. The second-order valence-electron chi connectivity index (χ2n) is 7.64. The van der Waals surface area contributed by atoms with Crippen LogP contribution >= 0.6 is 11.3 Å². The number of rotatable bonds is 6. The number of thiazole rings is 1. The minimum Gasteiger partial charge on any atom is -0.493 e. The molecule has 0 N–H and O–H groups in total. The third-order valence-electron chi connectivity index (χ3n) is 5.74. The van der Waals surface area contributed by atoms with E-state index in [1.54, 1.807) is 12.1 Å². The van der Waals surface area contributed by atoms with Crippen molar-refractivity contribution in [2.75, 3.05) is 47.5 Å². The Morgan fingerprint density at radius 3 is 2.29 bits per heavy atom. The lowest BCUT2D eigenvalue weighted by Gasteiger charge is -2.34. The first-order valence-electron chi connectivity index (χ1n) is 10.4. The number of fused-ring (bicyclic) bond motifs is 1. The molecule has 2 heterocycles. The zero-order valence-corrected chi connectivity index (χ0v) is 18.9. The molecule has 1 aliphatic heterocycles. The van der Waals surface area contributed by atoms with E-state index in [9.17, 15) is 9.59 Å². The Kier molecular flexibility index (Phi) is 6.43. The molecule has 1 amide bonds. The van der Waals surface area contributed by atoms with Gasteiger partial charge in [-0.25, -0.2) is 4.98 Å². The van der Waals surface area contributed by atoms with Crippen molar-refractivity contribution < 1.29 is 23.8 Å². The van der Waals surface area contributed by atoms with Crippen LogP contribution in [0.15, 0.2) is 12.1 Å². The van der Waals surface area contributed by atoms with Crippen molar-refractivity contribution in [1.29, 1.82) is 0 Å². The number of ether oxygens (including phenoxy) is 3. The summed E-state index contributed by atoms with van der Waals surface area (Å²) in [5.41, 5.74) is 1.47. The lowest BCUT2D eigenvalue weighted by molar-refractivity contribution is 0.0627. The minimum atomic E-state index is -0.0609.